The van der Waals surface area contributed by atoms with Gasteiger partial charge in [0.2, 0.25) is 11.8 Å². The van der Waals surface area contributed by atoms with Crippen LogP contribution in [-0.2, 0) is 32.6 Å². The van der Waals surface area contributed by atoms with Crippen LogP contribution < -0.4 is 9.62 Å². The van der Waals surface area contributed by atoms with E-state index in [1.165, 1.54) is 35.2 Å². The van der Waals surface area contributed by atoms with Gasteiger partial charge < -0.3 is 10.2 Å². The van der Waals surface area contributed by atoms with Crippen molar-refractivity contribution in [3.05, 3.63) is 130 Å². The lowest BCUT2D eigenvalue weighted by Gasteiger charge is -2.34. The van der Waals surface area contributed by atoms with Crippen molar-refractivity contribution >= 4 is 50.7 Å². The molecule has 1 N–H and O–H groups in total. The van der Waals surface area contributed by atoms with Crippen molar-refractivity contribution in [3.63, 3.8) is 0 Å². The number of rotatable bonds is 13. The maximum atomic E-state index is 14.5. The maximum absolute atomic E-state index is 14.5. The zero-order valence-corrected chi connectivity index (χ0v) is 27.8. The topological polar surface area (TPSA) is 86.8 Å². The van der Waals surface area contributed by atoms with E-state index in [-0.39, 0.29) is 35.4 Å². The summed E-state index contributed by atoms with van der Waals surface area (Å²) in [6.45, 7) is 5.88. The Morgan fingerprint density at radius 2 is 1.49 bits per heavy atom. The van der Waals surface area contributed by atoms with Gasteiger partial charge in [-0.15, -0.1) is 0 Å². The molecule has 1 atom stereocenters. The quantitative estimate of drug-likeness (QED) is 0.168. The van der Waals surface area contributed by atoms with Gasteiger partial charge in [-0.2, -0.15) is 0 Å². The van der Waals surface area contributed by atoms with Crippen molar-refractivity contribution in [2.45, 2.75) is 44.7 Å². The van der Waals surface area contributed by atoms with Gasteiger partial charge in [0.1, 0.15) is 12.6 Å². The van der Waals surface area contributed by atoms with Crippen LogP contribution in [0, 0.1) is 12.8 Å². The Labute approximate surface area is 275 Å². The summed E-state index contributed by atoms with van der Waals surface area (Å²) in [5, 5.41) is 3.68. The zero-order chi connectivity index (χ0) is 32.6. The highest BCUT2D eigenvalue weighted by Crippen LogP contribution is 2.28. The first-order valence-electron chi connectivity index (χ1n) is 14.6. The van der Waals surface area contributed by atoms with Gasteiger partial charge in [0.25, 0.3) is 10.0 Å². The first-order chi connectivity index (χ1) is 21.5. The number of hydrogen-bond donors (Lipinski definition) is 1. The van der Waals surface area contributed by atoms with Crippen LogP contribution in [0.2, 0.25) is 10.0 Å². The smallest absolute Gasteiger partial charge is 0.264 e. The lowest BCUT2D eigenvalue weighted by molar-refractivity contribution is -0.140. The van der Waals surface area contributed by atoms with E-state index in [1.807, 2.05) is 75.4 Å². The number of sulfonamides is 1. The molecule has 0 saturated heterocycles. The van der Waals surface area contributed by atoms with E-state index in [9.17, 15) is 18.0 Å². The van der Waals surface area contributed by atoms with E-state index in [2.05, 4.69) is 5.32 Å². The van der Waals surface area contributed by atoms with E-state index in [0.29, 0.717) is 16.6 Å². The van der Waals surface area contributed by atoms with E-state index in [4.69, 9.17) is 23.2 Å². The summed E-state index contributed by atoms with van der Waals surface area (Å²) < 4.78 is 29.2. The Balaban J connectivity index is 1.81. The average Bonchev–Trinajstić information content (AvgIpc) is 3.01. The Hall–Kier alpha value is -3.85. The number of nitrogens with zero attached hydrogens (tertiary/aromatic N) is 2. The van der Waals surface area contributed by atoms with Gasteiger partial charge in [-0.3, -0.25) is 13.9 Å². The molecule has 4 rings (SSSR count). The maximum Gasteiger partial charge on any atom is 0.264 e. The van der Waals surface area contributed by atoms with E-state index < -0.39 is 28.5 Å². The minimum Gasteiger partial charge on any atom is -0.354 e. The molecule has 236 valence electrons. The van der Waals surface area contributed by atoms with Crippen LogP contribution in [0.15, 0.2) is 108 Å². The Bertz CT molecular complexity index is 1710. The van der Waals surface area contributed by atoms with E-state index in [1.54, 1.807) is 18.2 Å². The monoisotopic (exact) mass is 665 g/mol. The van der Waals surface area contributed by atoms with E-state index >= 15 is 0 Å². The first-order valence-corrected chi connectivity index (χ1v) is 16.8. The van der Waals surface area contributed by atoms with Crippen LogP contribution in [0.4, 0.5) is 5.69 Å². The number of carbonyl (C=O) groups excluding carboxylic acids is 2. The summed E-state index contributed by atoms with van der Waals surface area (Å²) in [5.74, 6) is -0.671. The van der Waals surface area contributed by atoms with Crippen molar-refractivity contribution in [1.29, 1.82) is 0 Å². The van der Waals surface area contributed by atoms with Crippen molar-refractivity contribution in [2.75, 3.05) is 17.4 Å². The molecule has 7 nitrogen and oxygen atoms in total. The fourth-order valence-electron chi connectivity index (χ4n) is 4.84. The summed E-state index contributed by atoms with van der Waals surface area (Å²) in [5.41, 5.74) is 2.86. The third-order valence-corrected chi connectivity index (χ3v) is 9.61. The lowest BCUT2D eigenvalue weighted by Crippen LogP contribution is -2.53. The molecule has 0 aliphatic rings. The second-order valence-electron chi connectivity index (χ2n) is 11.2. The van der Waals surface area contributed by atoms with Crippen molar-refractivity contribution < 1.29 is 18.0 Å². The van der Waals surface area contributed by atoms with Crippen LogP contribution in [0.1, 0.15) is 30.5 Å². The SMILES string of the molecule is Cc1ccccc1CN(C(=O)CN(c1cccc(Cl)c1)S(=O)(=O)c1ccc(Cl)cc1)[C@H](Cc1ccccc1)C(=O)NCC(C)C. The van der Waals surface area contributed by atoms with Crippen LogP contribution in [0.5, 0.6) is 0 Å². The summed E-state index contributed by atoms with van der Waals surface area (Å²) in [7, 11) is -4.26. The van der Waals surface area contributed by atoms with E-state index in [0.717, 1.165) is 21.0 Å². The molecule has 0 spiro atoms. The summed E-state index contributed by atoms with van der Waals surface area (Å²) in [6, 6.07) is 28.2. The number of amides is 2. The number of benzene rings is 4. The lowest BCUT2D eigenvalue weighted by atomic mass is 10.0. The van der Waals surface area contributed by atoms with Crippen LogP contribution in [0.25, 0.3) is 0 Å². The minimum atomic E-state index is -4.26. The third-order valence-electron chi connectivity index (χ3n) is 7.33. The van der Waals surface area contributed by atoms with Gasteiger partial charge in [-0.05, 0) is 72.0 Å². The number of aryl methyl sites for hydroxylation is 1. The molecule has 45 heavy (non-hydrogen) atoms. The molecule has 4 aromatic carbocycles. The molecule has 0 bridgehead atoms. The number of nitrogens with one attached hydrogen (secondary N) is 1. The standard InChI is InChI=1S/C35H37Cl2N3O4S/c1-25(2)22-38-35(42)33(20-27-11-5-4-6-12-27)39(23-28-13-8-7-10-26(28)3)34(41)24-40(31-15-9-14-30(37)21-31)45(43,44)32-18-16-29(36)17-19-32/h4-19,21,25,33H,20,22-24H2,1-3H3,(H,38,42)/t33-/m1/s1. The van der Waals surface area contributed by atoms with Gasteiger partial charge in [-0.1, -0.05) is 97.7 Å². The molecule has 0 heterocycles. The van der Waals surface area contributed by atoms with Crippen LogP contribution >= 0.6 is 23.2 Å². The highest BCUT2D eigenvalue weighted by Gasteiger charge is 2.35. The number of hydrogen-bond acceptors (Lipinski definition) is 4. The fraction of sp³-hybridized carbons (Fsp3) is 0.257. The summed E-state index contributed by atoms with van der Waals surface area (Å²) >= 11 is 12.3. The normalized spacial score (nSPS) is 12.0. The minimum absolute atomic E-state index is 0.0411. The molecule has 4 aromatic rings. The Kier molecular flexibility index (Phi) is 11.7. The molecule has 10 heteroatoms. The highest BCUT2D eigenvalue weighted by atomic mass is 35.5. The largest absolute Gasteiger partial charge is 0.354 e. The summed E-state index contributed by atoms with van der Waals surface area (Å²) in [6.07, 6.45) is 0.240. The first kappa shape index (κ1) is 34.0. The molecule has 0 saturated carbocycles. The highest BCUT2D eigenvalue weighted by molar-refractivity contribution is 7.92. The van der Waals surface area contributed by atoms with Gasteiger partial charge >= 0.3 is 0 Å². The second kappa shape index (κ2) is 15.4. The molecule has 0 aliphatic carbocycles. The third kappa shape index (κ3) is 9.10. The molecule has 0 radical (unpaired) electrons. The van der Waals surface area contributed by atoms with Crippen molar-refractivity contribution in [3.8, 4) is 0 Å². The van der Waals surface area contributed by atoms with Gasteiger partial charge in [0.05, 0.1) is 10.6 Å². The number of anilines is 1. The fourth-order valence-corrected chi connectivity index (χ4v) is 6.56. The second-order valence-corrected chi connectivity index (χ2v) is 14.0. The molecular weight excluding hydrogens is 629 g/mol. The number of halogens is 2. The summed E-state index contributed by atoms with van der Waals surface area (Å²) in [4.78, 5) is 29.8. The molecule has 0 aromatic heterocycles. The van der Waals surface area contributed by atoms with Gasteiger partial charge in [0, 0.05) is 29.6 Å². The zero-order valence-electron chi connectivity index (χ0n) is 25.5. The molecular formula is C35H37Cl2N3O4S. The molecule has 0 aliphatic heterocycles. The molecule has 2 amide bonds. The van der Waals surface area contributed by atoms with Gasteiger partial charge in [-0.25, -0.2) is 8.42 Å². The predicted octanol–water partition coefficient (Wildman–Crippen LogP) is 6.91. The van der Waals surface area contributed by atoms with Gasteiger partial charge in [0.15, 0.2) is 0 Å². The van der Waals surface area contributed by atoms with Crippen LogP contribution in [0.3, 0.4) is 0 Å². The predicted molar refractivity (Wildman–Crippen MR) is 181 cm³/mol. The van der Waals surface area contributed by atoms with Crippen molar-refractivity contribution in [2.24, 2.45) is 5.92 Å². The molecule has 0 unspecified atom stereocenters. The van der Waals surface area contributed by atoms with Crippen molar-refractivity contribution in [1.82, 2.24) is 10.2 Å². The Morgan fingerprint density at radius 1 is 0.822 bits per heavy atom. The Morgan fingerprint density at radius 3 is 2.13 bits per heavy atom. The number of carbonyl (C=O) groups is 2. The van der Waals surface area contributed by atoms with Crippen LogP contribution in [-0.4, -0.2) is 44.3 Å². The molecule has 0 fully saturated rings. The average molecular weight is 667 g/mol.